The number of hydrogen-bond acceptors (Lipinski definition) is 5. The lowest BCUT2D eigenvalue weighted by Crippen LogP contribution is -2.33. The van der Waals surface area contributed by atoms with E-state index in [-0.39, 0.29) is 6.17 Å². The second-order valence-corrected chi connectivity index (χ2v) is 12.3. The Morgan fingerprint density at radius 1 is 0.556 bits per heavy atom. The Morgan fingerprint density at radius 2 is 1.24 bits per heavy atom. The van der Waals surface area contributed by atoms with Crippen LogP contribution in [0.15, 0.2) is 156 Å². The average Bonchev–Trinajstić information content (AvgIpc) is 3.50. The summed E-state index contributed by atoms with van der Waals surface area (Å²) >= 11 is 1.85. The summed E-state index contributed by atoms with van der Waals surface area (Å²) in [6, 6.07) is 50.8. The molecule has 6 aromatic carbocycles. The van der Waals surface area contributed by atoms with E-state index >= 15 is 0 Å². The van der Waals surface area contributed by atoms with Crippen LogP contribution in [-0.4, -0.2) is 16.7 Å². The lowest BCUT2D eigenvalue weighted by Gasteiger charge is -2.23. The summed E-state index contributed by atoms with van der Waals surface area (Å²) in [6.45, 7) is 0. The molecule has 3 heterocycles. The van der Waals surface area contributed by atoms with Gasteiger partial charge in [-0.05, 0) is 29.8 Å². The van der Waals surface area contributed by atoms with Gasteiger partial charge in [0.1, 0.15) is 12.0 Å². The number of nitrogens with zero attached hydrogens (tertiary/aromatic N) is 3. The van der Waals surface area contributed by atoms with Gasteiger partial charge in [0.15, 0.2) is 5.84 Å². The van der Waals surface area contributed by atoms with Crippen molar-refractivity contribution in [3.05, 3.63) is 162 Å². The lowest BCUT2D eigenvalue weighted by molar-refractivity contribution is 0.674. The molecule has 0 amide bonds. The standard InChI is InChI=1S/C40H26N4S/c1-4-12-25(13-5-1)36-31-22-21-29-32-24-28(20-23-34(32)45-37(29)35(31)30-18-10-11-19-33(30)41-36)40-43-38(26-14-6-2-7-15-26)42-39(44-40)27-16-8-3-9-17-27/h1-24,38H,(H,42,43,44). The molecule has 45 heavy (non-hydrogen) atoms. The molecule has 0 fully saturated rings. The van der Waals surface area contributed by atoms with Crippen molar-refractivity contribution < 1.29 is 0 Å². The van der Waals surface area contributed by atoms with E-state index in [0.717, 1.165) is 45.1 Å². The van der Waals surface area contributed by atoms with Gasteiger partial charge in [-0.2, -0.15) is 0 Å². The molecule has 0 radical (unpaired) electrons. The van der Waals surface area contributed by atoms with Gasteiger partial charge in [0.05, 0.1) is 11.2 Å². The first-order chi connectivity index (χ1) is 22.3. The maximum Gasteiger partial charge on any atom is 0.159 e. The van der Waals surface area contributed by atoms with Crippen LogP contribution in [0, 0.1) is 0 Å². The Labute approximate surface area is 264 Å². The van der Waals surface area contributed by atoms with Crippen LogP contribution in [0.4, 0.5) is 0 Å². The molecule has 0 saturated heterocycles. The Morgan fingerprint density at radius 3 is 2.04 bits per heavy atom. The van der Waals surface area contributed by atoms with Gasteiger partial charge in [0.2, 0.25) is 0 Å². The predicted octanol–water partition coefficient (Wildman–Crippen LogP) is 9.92. The van der Waals surface area contributed by atoms with E-state index in [1.807, 2.05) is 35.6 Å². The molecule has 5 heteroatoms. The zero-order valence-electron chi connectivity index (χ0n) is 24.2. The fourth-order valence-corrected chi connectivity index (χ4v) is 7.59. The SMILES string of the molecule is c1ccc(C2=NC(c3ccccc3)NC(c3ccc4sc5c(ccc6c(-c7ccccc7)nc7ccccc7c65)c4c3)=N2)cc1. The number of aliphatic imine (C=N–C) groups is 2. The summed E-state index contributed by atoms with van der Waals surface area (Å²) < 4.78 is 2.53. The monoisotopic (exact) mass is 594 g/mol. The number of para-hydroxylation sites is 1. The van der Waals surface area contributed by atoms with E-state index in [9.17, 15) is 0 Å². The molecule has 2 aromatic heterocycles. The van der Waals surface area contributed by atoms with Gasteiger partial charge in [-0.15, -0.1) is 11.3 Å². The number of hydrogen-bond donors (Lipinski definition) is 1. The van der Waals surface area contributed by atoms with E-state index in [1.54, 1.807) is 0 Å². The smallest absolute Gasteiger partial charge is 0.159 e. The van der Waals surface area contributed by atoms with Gasteiger partial charge >= 0.3 is 0 Å². The van der Waals surface area contributed by atoms with Gasteiger partial charge in [-0.3, -0.25) is 0 Å². The van der Waals surface area contributed by atoms with Crippen LogP contribution in [0.1, 0.15) is 22.9 Å². The molecule has 9 rings (SSSR count). The van der Waals surface area contributed by atoms with Crippen molar-refractivity contribution in [2.45, 2.75) is 6.17 Å². The molecule has 1 aliphatic rings. The molecule has 0 spiro atoms. The summed E-state index contributed by atoms with van der Waals surface area (Å²) in [5.41, 5.74) is 6.29. The summed E-state index contributed by atoms with van der Waals surface area (Å²) in [4.78, 5) is 15.2. The first kappa shape index (κ1) is 25.8. The van der Waals surface area contributed by atoms with Crippen LogP contribution >= 0.6 is 11.3 Å². The number of thiophene rings is 1. The third-order valence-corrected chi connectivity index (χ3v) is 9.71. The summed E-state index contributed by atoms with van der Waals surface area (Å²) in [5.74, 6) is 1.55. The Hall–Kier alpha value is -5.65. The minimum atomic E-state index is -0.233. The fraction of sp³-hybridized carbons (Fsp3) is 0.0250. The molecule has 4 nitrogen and oxygen atoms in total. The Bertz CT molecular complexity index is 2450. The molecule has 0 aliphatic carbocycles. The fourth-order valence-electron chi connectivity index (χ4n) is 6.35. The van der Waals surface area contributed by atoms with Crippen molar-refractivity contribution in [1.82, 2.24) is 10.3 Å². The average molecular weight is 595 g/mol. The summed E-state index contributed by atoms with van der Waals surface area (Å²) in [7, 11) is 0. The molecule has 0 bridgehead atoms. The maximum atomic E-state index is 5.14. The van der Waals surface area contributed by atoms with Gasteiger partial charge in [-0.25, -0.2) is 15.0 Å². The van der Waals surface area contributed by atoms with E-state index in [1.165, 1.54) is 36.3 Å². The Kier molecular flexibility index (Phi) is 6.03. The number of benzene rings is 6. The van der Waals surface area contributed by atoms with E-state index < -0.39 is 0 Å². The number of nitrogens with one attached hydrogen (secondary N) is 1. The topological polar surface area (TPSA) is 49.6 Å². The van der Waals surface area contributed by atoms with Crippen molar-refractivity contribution in [2.24, 2.45) is 9.98 Å². The predicted molar refractivity (Wildman–Crippen MR) is 189 cm³/mol. The minimum absolute atomic E-state index is 0.233. The van der Waals surface area contributed by atoms with Crippen LogP contribution in [0.25, 0.3) is 53.1 Å². The maximum absolute atomic E-state index is 5.14. The normalized spacial score (nSPS) is 14.9. The van der Waals surface area contributed by atoms with Crippen LogP contribution in [0.5, 0.6) is 0 Å². The number of aromatic nitrogens is 1. The van der Waals surface area contributed by atoms with Crippen molar-refractivity contribution in [3.8, 4) is 11.3 Å². The second-order valence-electron chi connectivity index (χ2n) is 11.3. The number of fused-ring (bicyclic) bond motifs is 7. The molecule has 1 aliphatic heterocycles. The highest BCUT2D eigenvalue weighted by atomic mass is 32.1. The number of amidine groups is 2. The third kappa shape index (κ3) is 4.40. The van der Waals surface area contributed by atoms with Crippen molar-refractivity contribution >= 4 is 64.9 Å². The summed E-state index contributed by atoms with van der Waals surface area (Å²) in [6.07, 6.45) is -0.233. The molecule has 0 saturated carbocycles. The quantitative estimate of drug-likeness (QED) is 0.206. The van der Waals surface area contributed by atoms with Crippen LogP contribution in [-0.2, 0) is 0 Å². The zero-order chi connectivity index (χ0) is 29.7. The van der Waals surface area contributed by atoms with Crippen molar-refractivity contribution in [1.29, 1.82) is 0 Å². The van der Waals surface area contributed by atoms with Crippen LogP contribution < -0.4 is 5.32 Å². The van der Waals surface area contributed by atoms with Gasteiger partial charge in [0.25, 0.3) is 0 Å². The number of rotatable bonds is 4. The molecule has 1 unspecified atom stereocenters. The van der Waals surface area contributed by atoms with Crippen LogP contribution in [0.3, 0.4) is 0 Å². The first-order valence-corrected chi connectivity index (χ1v) is 15.9. The van der Waals surface area contributed by atoms with Gasteiger partial charge in [0, 0.05) is 53.0 Å². The van der Waals surface area contributed by atoms with Gasteiger partial charge in [-0.1, -0.05) is 121 Å². The highest BCUT2D eigenvalue weighted by molar-refractivity contribution is 7.26. The lowest BCUT2D eigenvalue weighted by atomic mass is 9.98. The largest absolute Gasteiger partial charge is 0.344 e. The third-order valence-electron chi connectivity index (χ3n) is 8.51. The second kappa shape index (κ2) is 10.5. The van der Waals surface area contributed by atoms with Crippen LogP contribution in [0.2, 0.25) is 0 Å². The molecular formula is C40H26N4S. The van der Waals surface area contributed by atoms with E-state index in [0.29, 0.717) is 0 Å². The van der Waals surface area contributed by atoms with Gasteiger partial charge < -0.3 is 5.32 Å². The molecule has 8 aromatic rings. The van der Waals surface area contributed by atoms with Crippen molar-refractivity contribution in [2.75, 3.05) is 0 Å². The summed E-state index contributed by atoms with van der Waals surface area (Å²) in [5, 5.41) is 9.71. The molecule has 212 valence electrons. The number of pyridine rings is 1. The Balaban J connectivity index is 1.24. The van der Waals surface area contributed by atoms with Crippen molar-refractivity contribution in [3.63, 3.8) is 0 Å². The molecular weight excluding hydrogens is 569 g/mol. The first-order valence-electron chi connectivity index (χ1n) is 15.1. The van der Waals surface area contributed by atoms with E-state index in [4.69, 9.17) is 15.0 Å². The zero-order valence-corrected chi connectivity index (χ0v) is 25.0. The highest BCUT2D eigenvalue weighted by Crippen LogP contribution is 2.43. The molecule has 1 N–H and O–H groups in total. The highest BCUT2D eigenvalue weighted by Gasteiger charge is 2.22. The molecule has 1 atom stereocenters. The van der Waals surface area contributed by atoms with E-state index in [2.05, 4.69) is 127 Å². The minimum Gasteiger partial charge on any atom is -0.344 e.